The predicted octanol–water partition coefficient (Wildman–Crippen LogP) is 0.543. The Balaban J connectivity index is 2.80. The summed E-state index contributed by atoms with van der Waals surface area (Å²) in [5.41, 5.74) is -0.291. The molecule has 1 heterocycles. The van der Waals surface area contributed by atoms with Gasteiger partial charge in [0.25, 0.3) is 0 Å². The third-order valence-electron chi connectivity index (χ3n) is 2.41. The Kier molecular flexibility index (Phi) is 2.62. The molecule has 0 saturated heterocycles. The van der Waals surface area contributed by atoms with Crippen molar-refractivity contribution in [3.63, 3.8) is 0 Å². The largest absolute Gasteiger partial charge is 0.481 e. The molecule has 0 fully saturated rings. The van der Waals surface area contributed by atoms with Gasteiger partial charge in [-0.2, -0.15) is 0 Å². The van der Waals surface area contributed by atoms with E-state index in [1.165, 1.54) is 0 Å². The molecule has 14 heavy (non-hydrogen) atoms. The molecule has 1 unspecified atom stereocenters. The first-order chi connectivity index (χ1) is 6.38. The van der Waals surface area contributed by atoms with Crippen LogP contribution in [0.5, 0.6) is 0 Å². The molecule has 1 aliphatic rings. The Morgan fingerprint density at radius 3 is 2.71 bits per heavy atom. The zero-order chi connectivity index (χ0) is 10.9. The first kappa shape index (κ1) is 10.7. The minimum absolute atomic E-state index is 0.235. The van der Waals surface area contributed by atoms with Gasteiger partial charge in [-0.1, -0.05) is 11.7 Å². The quantitative estimate of drug-likeness (QED) is 0.695. The van der Waals surface area contributed by atoms with Crippen molar-refractivity contribution in [2.24, 2.45) is 5.16 Å². The fraction of sp³-hybridized carbons (Fsp3) is 0.556. The van der Waals surface area contributed by atoms with Crippen LogP contribution in [0.1, 0.15) is 20.3 Å². The molecular weight excluding hydrogens is 186 g/mol. The maximum absolute atomic E-state index is 10.4. The van der Waals surface area contributed by atoms with Crippen LogP contribution in [-0.2, 0) is 9.63 Å². The number of carboxylic acid groups (broad SMARTS) is 1. The first-order valence-corrected chi connectivity index (χ1v) is 4.22. The predicted molar refractivity (Wildman–Crippen MR) is 50.0 cm³/mol. The van der Waals surface area contributed by atoms with Crippen LogP contribution < -0.4 is 0 Å². The van der Waals surface area contributed by atoms with E-state index in [1.807, 2.05) is 0 Å². The topological polar surface area (TPSA) is 79.1 Å². The van der Waals surface area contributed by atoms with E-state index in [0.29, 0.717) is 5.57 Å². The normalized spacial score (nSPS) is 28.2. The summed E-state index contributed by atoms with van der Waals surface area (Å²) in [7, 11) is 0. The lowest BCUT2D eigenvalue weighted by Gasteiger charge is -2.25. The molecule has 5 nitrogen and oxygen atoms in total. The number of nitrogens with zero attached hydrogens (tertiary/aromatic N) is 1. The number of oxime groups is 1. The van der Waals surface area contributed by atoms with Gasteiger partial charge in [-0.05, 0) is 13.8 Å². The van der Waals surface area contributed by atoms with Gasteiger partial charge in [0.05, 0.1) is 18.2 Å². The van der Waals surface area contributed by atoms with Crippen LogP contribution in [0.2, 0.25) is 0 Å². The van der Waals surface area contributed by atoms with Crippen molar-refractivity contribution in [1.82, 2.24) is 0 Å². The number of carbonyl (C=O) groups is 1. The van der Waals surface area contributed by atoms with E-state index in [1.54, 1.807) is 13.8 Å². The highest BCUT2D eigenvalue weighted by Gasteiger charge is 2.43. The molecule has 2 atom stereocenters. The highest BCUT2D eigenvalue weighted by atomic mass is 16.7. The van der Waals surface area contributed by atoms with Crippen LogP contribution in [-0.4, -0.2) is 33.6 Å². The molecule has 1 rings (SSSR count). The van der Waals surface area contributed by atoms with Crippen LogP contribution in [0.4, 0.5) is 0 Å². The Bertz CT molecular complexity index is 308. The van der Waals surface area contributed by atoms with Gasteiger partial charge in [0.1, 0.15) is 0 Å². The molecule has 0 radical (unpaired) electrons. The zero-order valence-electron chi connectivity index (χ0n) is 8.15. The molecule has 0 aromatic rings. The van der Waals surface area contributed by atoms with Gasteiger partial charge in [-0.25, -0.2) is 0 Å². The average Bonchev–Trinajstić information content (AvgIpc) is 2.33. The maximum atomic E-state index is 10.4. The van der Waals surface area contributed by atoms with Gasteiger partial charge in [0, 0.05) is 5.57 Å². The minimum atomic E-state index is -0.997. The molecular formula is C9H13NO4. The first-order valence-electron chi connectivity index (χ1n) is 4.22. The monoisotopic (exact) mass is 199 g/mol. The van der Waals surface area contributed by atoms with Gasteiger partial charge in [-0.15, -0.1) is 0 Å². The van der Waals surface area contributed by atoms with E-state index in [0.717, 1.165) is 0 Å². The molecule has 0 bridgehead atoms. The van der Waals surface area contributed by atoms with E-state index < -0.39 is 17.7 Å². The molecule has 1 aliphatic heterocycles. The van der Waals surface area contributed by atoms with Crippen molar-refractivity contribution in [2.75, 3.05) is 0 Å². The summed E-state index contributed by atoms with van der Waals surface area (Å²) < 4.78 is 0. The SMILES string of the molecule is C=C1C(CC(=O)O)=NO[C@@]1(C)C(C)O. The van der Waals surface area contributed by atoms with Gasteiger partial charge in [0.15, 0.2) is 5.60 Å². The van der Waals surface area contributed by atoms with Crippen LogP contribution in [0, 0.1) is 0 Å². The number of aliphatic carboxylic acids is 1. The molecule has 0 aromatic carbocycles. The van der Waals surface area contributed by atoms with E-state index >= 15 is 0 Å². The second-order valence-corrected chi connectivity index (χ2v) is 3.46. The molecule has 0 aliphatic carbocycles. The molecule has 0 saturated carbocycles. The summed E-state index contributed by atoms with van der Waals surface area (Å²) >= 11 is 0. The maximum Gasteiger partial charge on any atom is 0.309 e. The lowest BCUT2D eigenvalue weighted by Crippen LogP contribution is -2.39. The van der Waals surface area contributed by atoms with E-state index in [4.69, 9.17) is 9.94 Å². The van der Waals surface area contributed by atoms with Crippen LogP contribution in [0.25, 0.3) is 0 Å². The number of hydrogen-bond acceptors (Lipinski definition) is 4. The molecule has 5 heteroatoms. The zero-order valence-corrected chi connectivity index (χ0v) is 8.15. The van der Waals surface area contributed by atoms with Gasteiger partial charge in [0.2, 0.25) is 0 Å². The molecule has 0 aromatic heterocycles. The summed E-state index contributed by atoms with van der Waals surface area (Å²) in [4.78, 5) is 15.4. The number of aliphatic hydroxyl groups is 1. The van der Waals surface area contributed by atoms with E-state index in [9.17, 15) is 9.90 Å². The minimum Gasteiger partial charge on any atom is -0.481 e. The van der Waals surface area contributed by atoms with Crippen molar-refractivity contribution in [1.29, 1.82) is 0 Å². The van der Waals surface area contributed by atoms with E-state index in [2.05, 4.69) is 11.7 Å². The fourth-order valence-corrected chi connectivity index (χ4v) is 1.16. The highest BCUT2D eigenvalue weighted by Crippen LogP contribution is 2.32. The van der Waals surface area contributed by atoms with Crippen molar-refractivity contribution in [2.45, 2.75) is 32.0 Å². The molecule has 0 spiro atoms. The Hall–Kier alpha value is -1.36. The van der Waals surface area contributed by atoms with Crippen molar-refractivity contribution in [3.8, 4) is 0 Å². The lowest BCUT2D eigenvalue weighted by molar-refractivity contribution is -0.135. The number of hydrogen-bond donors (Lipinski definition) is 2. The Morgan fingerprint density at radius 2 is 2.36 bits per heavy atom. The third-order valence-corrected chi connectivity index (χ3v) is 2.41. The fourth-order valence-electron chi connectivity index (χ4n) is 1.16. The standard InChI is InChI=1S/C9H13NO4/c1-5-7(4-8(12)13)10-14-9(5,3)6(2)11/h6,11H,1,4H2,2-3H3,(H,12,13)/t6?,9-/m1/s1. The highest BCUT2D eigenvalue weighted by molar-refractivity contribution is 6.10. The average molecular weight is 199 g/mol. The van der Waals surface area contributed by atoms with Crippen LogP contribution in [0.15, 0.2) is 17.3 Å². The van der Waals surface area contributed by atoms with Gasteiger partial charge >= 0.3 is 5.97 Å². The summed E-state index contributed by atoms with van der Waals surface area (Å²) in [6, 6.07) is 0. The van der Waals surface area contributed by atoms with Crippen LogP contribution in [0.3, 0.4) is 0 Å². The number of rotatable bonds is 3. The summed E-state index contributed by atoms with van der Waals surface area (Å²) in [6.07, 6.45) is -1.02. The summed E-state index contributed by atoms with van der Waals surface area (Å²) in [5, 5.41) is 21.6. The summed E-state index contributed by atoms with van der Waals surface area (Å²) in [6.45, 7) is 6.85. The summed E-state index contributed by atoms with van der Waals surface area (Å²) in [5.74, 6) is -0.997. The van der Waals surface area contributed by atoms with Gasteiger partial charge < -0.3 is 15.1 Å². The molecule has 2 N–H and O–H groups in total. The molecule has 0 amide bonds. The van der Waals surface area contributed by atoms with Crippen molar-refractivity contribution in [3.05, 3.63) is 12.2 Å². The van der Waals surface area contributed by atoms with Crippen molar-refractivity contribution < 1.29 is 19.8 Å². The van der Waals surface area contributed by atoms with Gasteiger partial charge in [-0.3, -0.25) is 4.79 Å². The Labute approximate surface area is 81.7 Å². The smallest absolute Gasteiger partial charge is 0.309 e. The number of carboxylic acids is 1. The molecule has 78 valence electrons. The lowest BCUT2D eigenvalue weighted by atomic mass is 9.88. The second-order valence-electron chi connectivity index (χ2n) is 3.46. The Morgan fingerprint density at radius 1 is 1.79 bits per heavy atom. The second kappa shape index (κ2) is 3.42. The van der Waals surface area contributed by atoms with Crippen LogP contribution >= 0.6 is 0 Å². The third kappa shape index (κ3) is 1.63. The van der Waals surface area contributed by atoms with E-state index in [-0.39, 0.29) is 12.1 Å². The number of aliphatic hydroxyl groups excluding tert-OH is 1. The van der Waals surface area contributed by atoms with Crippen molar-refractivity contribution >= 4 is 11.7 Å².